The van der Waals surface area contributed by atoms with Crippen LogP contribution in [0.15, 0.2) is 54.6 Å². The van der Waals surface area contributed by atoms with Crippen LogP contribution in [-0.2, 0) is 6.54 Å². The highest BCUT2D eigenvalue weighted by molar-refractivity contribution is 7.80. The highest BCUT2D eigenvalue weighted by Crippen LogP contribution is 2.15. The third kappa shape index (κ3) is 4.67. The van der Waals surface area contributed by atoms with Gasteiger partial charge in [-0.25, -0.2) is 0 Å². The van der Waals surface area contributed by atoms with Crippen LogP contribution in [0.2, 0.25) is 5.02 Å². The van der Waals surface area contributed by atoms with Gasteiger partial charge in [0.2, 0.25) is 0 Å². The van der Waals surface area contributed by atoms with Crippen molar-refractivity contribution >= 4 is 34.6 Å². The van der Waals surface area contributed by atoms with Gasteiger partial charge in [0, 0.05) is 16.3 Å². The molecule has 0 bridgehead atoms. The van der Waals surface area contributed by atoms with E-state index in [-0.39, 0.29) is 0 Å². The highest BCUT2D eigenvalue weighted by Gasteiger charge is 2.21. The molecule has 1 heterocycles. The lowest BCUT2D eigenvalue weighted by Crippen LogP contribution is -3.13. The number of thiocarbonyl (C=S) groups is 1. The molecule has 0 radical (unpaired) electrons. The molecule has 120 valence electrons. The molecule has 1 aliphatic rings. The van der Waals surface area contributed by atoms with Gasteiger partial charge in [0.05, 0.1) is 26.2 Å². The standard InChI is InChI=1S/C18H20ClN3S/c19-16-7-4-8-17(13-16)20-18(23)22-11-9-21(10-12-22)14-15-5-2-1-3-6-15/h1-8,13H,9-12,14H2,(H,20,23)/p+1. The summed E-state index contributed by atoms with van der Waals surface area (Å²) in [5, 5.41) is 4.78. The second-order valence-electron chi connectivity index (χ2n) is 5.84. The van der Waals surface area contributed by atoms with E-state index in [0.717, 1.165) is 48.5 Å². The smallest absolute Gasteiger partial charge is 0.173 e. The van der Waals surface area contributed by atoms with E-state index < -0.39 is 0 Å². The maximum Gasteiger partial charge on any atom is 0.173 e. The Bertz CT molecular complexity index is 654. The van der Waals surface area contributed by atoms with Gasteiger partial charge in [-0.15, -0.1) is 0 Å². The van der Waals surface area contributed by atoms with Gasteiger partial charge in [0.15, 0.2) is 5.11 Å². The summed E-state index contributed by atoms with van der Waals surface area (Å²) < 4.78 is 0. The van der Waals surface area contributed by atoms with Crippen LogP contribution in [0.4, 0.5) is 5.69 Å². The lowest BCUT2D eigenvalue weighted by molar-refractivity contribution is -0.917. The van der Waals surface area contributed by atoms with E-state index in [1.165, 1.54) is 5.56 Å². The molecular formula is C18H21ClN3S+. The molecule has 3 rings (SSSR count). The second-order valence-corrected chi connectivity index (χ2v) is 6.66. The van der Waals surface area contributed by atoms with Crippen LogP contribution in [0.25, 0.3) is 0 Å². The Morgan fingerprint density at radius 3 is 2.52 bits per heavy atom. The Morgan fingerprint density at radius 1 is 1.09 bits per heavy atom. The molecule has 2 N–H and O–H groups in total. The van der Waals surface area contributed by atoms with Gasteiger partial charge in [-0.3, -0.25) is 0 Å². The Labute approximate surface area is 147 Å². The average molecular weight is 347 g/mol. The Kier molecular flexibility index (Phi) is 5.49. The van der Waals surface area contributed by atoms with Crippen LogP contribution in [0.3, 0.4) is 0 Å². The number of rotatable bonds is 3. The molecule has 0 saturated carbocycles. The van der Waals surface area contributed by atoms with Crippen LogP contribution in [0, 0.1) is 0 Å². The summed E-state index contributed by atoms with van der Waals surface area (Å²) in [6.07, 6.45) is 0. The van der Waals surface area contributed by atoms with E-state index in [4.69, 9.17) is 23.8 Å². The van der Waals surface area contributed by atoms with E-state index in [1.807, 2.05) is 24.3 Å². The quantitative estimate of drug-likeness (QED) is 0.833. The molecular weight excluding hydrogens is 326 g/mol. The van der Waals surface area contributed by atoms with E-state index in [2.05, 4.69) is 40.5 Å². The molecule has 1 fully saturated rings. The molecule has 5 heteroatoms. The first-order chi connectivity index (χ1) is 11.2. The summed E-state index contributed by atoms with van der Waals surface area (Å²) in [5.74, 6) is 0. The minimum atomic E-state index is 0.718. The van der Waals surface area contributed by atoms with Crippen LogP contribution >= 0.6 is 23.8 Å². The van der Waals surface area contributed by atoms with Gasteiger partial charge in [-0.05, 0) is 30.4 Å². The normalized spacial score (nSPS) is 15.4. The minimum Gasteiger partial charge on any atom is -0.338 e. The topological polar surface area (TPSA) is 19.7 Å². The van der Waals surface area contributed by atoms with Crippen molar-refractivity contribution in [1.29, 1.82) is 0 Å². The fourth-order valence-electron chi connectivity index (χ4n) is 2.86. The van der Waals surface area contributed by atoms with Gasteiger partial charge < -0.3 is 15.1 Å². The molecule has 0 spiro atoms. The lowest BCUT2D eigenvalue weighted by Gasteiger charge is -2.34. The SMILES string of the molecule is S=C(Nc1cccc(Cl)c1)N1CC[NH+](Cc2ccccc2)CC1. The van der Waals surface area contributed by atoms with E-state index in [9.17, 15) is 0 Å². The lowest BCUT2D eigenvalue weighted by atomic mass is 10.2. The Hall–Kier alpha value is -1.62. The number of nitrogens with zero attached hydrogens (tertiary/aromatic N) is 1. The number of quaternary nitrogens is 1. The van der Waals surface area contributed by atoms with Crippen molar-refractivity contribution < 1.29 is 4.90 Å². The maximum absolute atomic E-state index is 6.01. The third-order valence-corrected chi connectivity index (χ3v) is 4.73. The number of benzene rings is 2. The Balaban J connectivity index is 1.49. The monoisotopic (exact) mass is 346 g/mol. The summed E-state index contributed by atoms with van der Waals surface area (Å²) in [5.41, 5.74) is 2.34. The molecule has 0 amide bonds. The first-order valence-corrected chi connectivity index (χ1v) is 8.68. The number of hydrogen-bond acceptors (Lipinski definition) is 1. The van der Waals surface area contributed by atoms with Crippen molar-refractivity contribution in [2.24, 2.45) is 0 Å². The first kappa shape index (κ1) is 16.2. The highest BCUT2D eigenvalue weighted by atomic mass is 35.5. The summed E-state index contributed by atoms with van der Waals surface area (Å²) in [6, 6.07) is 18.3. The second kappa shape index (κ2) is 7.77. The molecule has 3 nitrogen and oxygen atoms in total. The van der Waals surface area contributed by atoms with E-state index in [0.29, 0.717) is 0 Å². The van der Waals surface area contributed by atoms with Crippen LogP contribution in [0.1, 0.15) is 5.56 Å². The van der Waals surface area contributed by atoms with E-state index >= 15 is 0 Å². The summed E-state index contributed by atoms with van der Waals surface area (Å²) in [7, 11) is 0. The molecule has 23 heavy (non-hydrogen) atoms. The van der Waals surface area contributed by atoms with Crippen LogP contribution in [0.5, 0.6) is 0 Å². The third-order valence-electron chi connectivity index (χ3n) is 4.13. The molecule has 1 aliphatic heterocycles. The van der Waals surface area contributed by atoms with Crippen molar-refractivity contribution in [2.75, 3.05) is 31.5 Å². The maximum atomic E-state index is 6.01. The minimum absolute atomic E-state index is 0.718. The number of hydrogen-bond donors (Lipinski definition) is 2. The van der Waals surface area contributed by atoms with Gasteiger partial charge in [-0.2, -0.15) is 0 Å². The molecule has 0 atom stereocenters. The summed E-state index contributed by atoms with van der Waals surface area (Å²) in [4.78, 5) is 3.85. The largest absolute Gasteiger partial charge is 0.338 e. The van der Waals surface area contributed by atoms with Crippen LogP contribution in [-0.4, -0.2) is 36.2 Å². The van der Waals surface area contributed by atoms with Gasteiger partial charge >= 0.3 is 0 Å². The zero-order chi connectivity index (χ0) is 16.1. The number of piperazine rings is 1. The van der Waals surface area contributed by atoms with Crippen LogP contribution < -0.4 is 10.2 Å². The number of nitrogens with one attached hydrogen (secondary N) is 2. The van der Waals surface area contributed by atoms with Gasteiger partial charge in [0.1, 0.15) is 6.54 Å². The van der Waals surface area contributed by atoms with Crippen molar-refractivity contribution in [2.45, 2.75) is 6.54 Å². The van der Waals surface area contributed by atoms with Crippen molar-refractivity contribution in [1.82, 2.24) is 4.90 Å². The number of halogens is 1. The van der Waals surface area contributed by atoms with Crippen molar-refractivity contribution in [3.8, 4) is 0 Å². The average Bonchev–Trinajstić information content (AvgIpc) is 2.56. The number of anilines is 1. The molecule has 2 aromatic carbocycles. The zero-order valence-corrected chi connectivity index (χ0v) is 14.5. The fourth-order valence-corrected chi connectivity index (χ4v) is 3.35. The summed E-state index contributed by atoms with van der Waals surface area (Å²) in [6.45, 7) is 5.25. The summed E-state index contributed by atoms with van der Waals surface area (Å²) >= 11 is 11.5. The molecule has 0 aromatic heterocycles. The van der Waals surface area contributed by atoms with E-state index in [1.54, 1.807) is 4.90 Å². The van der Waals surface area contributed by atoms with Gasteiger partial charge in [-0.1, -0.05) is 48.0 Å². The Morgan fingerprint density at radius 2 is 1.83 bits per heavy atom. The van der Waals surface area contributed by atoms with Crippen molar-refractivity contribution in [3.05, 3.63) is 65.2 Å². The van der Waals surface area contributed by atoms with Crippen molar-refractivity contribution in [3.63, 3.8) is 0 Å². The molecule has 2 aromatic rings. The molecule has 1 saturated heterocycles. The first-order valence-electron chi connectivity index (χ1n) is 7.90. The zero-order valence-electron chi connectivity index (χ0n) is 13.0. The molecule has 0 aliphatic carbocycles. The fraction of sp³-hybridized carbons (Fsp3) is 0.278. The predicted molar refractivity (Wildman–Crippen MR) is 100 cm³/mol. The predicted octanol–water partition coefficient (Wildman–Crippen LogP) is 2.44. The molecule has 0 unspecified atom stereocenters. The van der Waals surface area contributed by atoms with Gasteiger partial charge in [0.25, 0.3) is 0 Å².